The molecular formula is C22H23N3O5S. The average Bonchev–Trinajstić information content (AvgIpc) is 3.44. The topological polar surface area (TPSA) is 94.8 Å². The van der Waals surface area contributed by atoms with Gasteiger partial charge in [0, 0.05) is 34.3 Å². The fourth-order valence-corrected chi connectivity index (χ4v) is 4.26. The number of imidazole rings is 1. The molecule has 2 aromatic carbocycles. The fraction of sp³-hybridized carbons (Fsp3) is 0.273. The summed E-state index contributed by atoms with van der Waals surface area (Å²) in [7, 11) is 1.64. The van der Waals surface area contributed by atoms with E-state index >= 15 is 0 Å². The van der Waals surface area contributed by atoms with E-state index in [4.69, 9.17) is 19.3 Å². The third-order valence-electron chi connectivity index (χ3n) is 4.88. The molecule has 0 radical (unpaired) electrons. The van der Waals surface area contributed by atoms with E-state index in [2.05, 4.69) is 10.3 Å². The minimum atomic E-state index is -1.08. The number of aromatic nitrogens is 2. The highest BCUT2D eigenvalue weighted by molar-refractivity contribution is 7.99. The van der Waals surface area contributed by atoms with Crippen LogP contribution in [0.15, 0.2) is 72.1 Å². The van der Waals surface area contributed by atoms with Gasteiger partial charge in [-0.25, -0.2) is 9.78 Å². The van der Waals surface area contributed by atoms with Crippen LogP contribution in [-0.2, 0) is 21.8 Å². The molecule has 1 aliphatic heterocycles. The summed E-state index contributed by atoms with van der Waals surface area (Å²) in [5, 5.41) is 11.1. The highest BCUT2D eigenvalue weighted by atomic mass is 32.2. The number of ether oxygens (including phenoxy) is 3. The third kappa shape index (κ3) is 5.19. The second kappa shape index (κ2) is 9.42. The SMILES string of the molecule is COc1ccc([C@]2(Cn3ccnc3)OC[C@@H](CSc3ccc(NC(=O)O)cc3)O2)cc1. The molecule has 0 bridgehead atoms. The predicted molar refractivity (Wildman–Crippen MR) is 117 cm³/mol. The van der Waals surface area contributed by atoms with Crippen molar-refractivity contribution in [3.8, 4) is 5.75 Å². The number of nitrogens with zero attached hydrogens (tertiary/aromatic N) is 2. The molecule has 9 heteroatoms. The van der Waals surface area contributed by atoms with Crippen molar-refractivity contribution >= 4 is 23.5 Å². The van der Waals surface area contributed by atoms with E-state index in [1.165, 1.54) is 0 Å². The van der Waals surface area contributed by atoms with E-state index < -0.39 is 11.9 Å². The van der Waals surface area contributed by atoms with Gasteiger partial charge < -0.3 is 23.9 Å². The summed E-state index contributed by atoms with van der Waals surface area (Å²) in [5.41, 5.74) is 1.45. The van der Waals surface area contributed by atoms with Gasteiger partial charge in [0.1, 0.15) is 5.75 Å². The standard InChI is InChI=1S/C22H23N3O5S/c1-28-18-6-2-16(3-7-18)22(14-25-11-10-23-15-25)29-12-19(30-22)13-31-20-8-4-17(5-9-20)24-21(26)27/h2-11,15,19,24H,12-14H2,1H3,(H,26,27)/t19-,22+/m0/s1. The highest BCUT2D eigenvalue weighted by Crippen LogP contribution is 2.38. The number of anilines is 1. The van der Waals surface area contributed by atoms with E-state index in [1.54, 1.807) is 43.5 Å². The Kier molecular flexibility index (Phi) is 6.45. The van der Waals surface area contributed by atoms with Crippen molar-refractivity contribution in [1.82, 2.24) is 9.55 Å². The zero-order valence-electron chi connectivity index (χ0n) is 16.9. The first kappa shape index (κ1) is 21.2. The summed E-state index contributed by atoms with van der Waals surface area (Å²) in [5.74, 6) is 0.563. The van der Waals surface area contributed by atoms with Crippen LogP contribution in [-0.4, -0.2) is 46.3 Å². The Hall–Kier alpha value is -3.01. The lowest BCUT2D eigenvalue weighted by Crippen LogP contribution is -2.33. The van der Waals surface area contributed by atoms with Gasteiger partial charge in [0.25, 0.3) is 0 Å². The predicted octanol–water partition coefficient (Wildman–Crippen LogP) is 4.04. The molecule has 0 unspecified atom stereocenters. The normalized spacial score (nSPS) is 20.5. The summed E-state index contributed by atoms with van der Waals surface area (Å²) in [6, 6.07) is 15.0. The maximum absolute atomic E-state index is 10.7. The Bertz CT molecular complexity index is 995. The molecule has 2 heterocycles. The summed E-state index contributed by atoms with van der Waals surface area (Å²) in [6.45, 7) is 0.947. The number of thioether (sulfide) groups is 1. The second-order valence-corrected chi connectivity index (χ2v) is 8.13. The molecule has 1 saturated heterocycles. The number of benzene rings is 2. The third-order valence-corrected chi connectivity index (χ3v) is 6.02. The molecule has 0 saturated carbocycles. The zero-order valence-corrected chi connectivity index (χ0v) is 17.7. The van der Waals surface area contributed by atoms with Crippen molar-refractivity contribution in [2.24, 2.45) is 0 Å². The van der Waals surface area contributed by atoms with Gasteiger partial charge in [-0.1, -0.05) is 0 Å². The lowest BCUT2D eigenvalue weighted by atomic mass is 10.1. The van der Waals surface area contributed by atoms with Crippen LogP contribution in [0.4, 0.5) is 10.5 Å². The first-order valence-electron chi connectivity index (χ1n) is 9.71. The van der Waals surface area contributed by atoms with Crippen LogP contribution in [0.3, 0.4) is 0 Å². The number of hydrogen-bond donors (Lipinski definition) is 2. The zero-order chi connectivity index (χ0) is 21.7. The van der Waals surface area contributed by atoms with Gasteiger partial charge in [-0.3, -0.25) is 5.32 Å². The maximum atomic E-state index is 10.7. The lowest BCUT2D eigenvalue weighted by molar-refractivity contribution is -0.184. The Balaban J connectivity index is 1.44. The van der Waals surface area contributed by atoms with Crippen LogP contribution in [0, 0.1) is 0 Å². The van der Waals surface area contributed by atoms with Crippen molar-refractivity contribution in [1.29, 1.82) is 0 Å². The van der Waals surface area contributed by atoms with Gasteiger partial charge in [0.05, 0.1) is 32.7 Å². The molecule has 4 rings (SSSR count). The summed E-state index contributed by atoms with van der Waals surface area (Å²) < 4.78 is 19.9. The molecule has 8 nitrogen and oxygen atoms in total. The molecule has 2 atom stereocenters. The van der Waals surface area contributed by atoms with E-state index in [9.17, 15) is 4.79 Å². The van der Waals surface area contributed by atoms with Crippen molar-refractivity contribution in [3.05, 3.63) is 72.8 Å². The highest BCUT2D eigenvalue weighted by Gasteiger charge is 2.43. The largest absolute Gasteiger partial charge is 0.497 e. The van der Waals surface area contributed by atoms with Crippen molar-refractivity contribution in [2.75, 3.05) is 24.8 Å². The van der Waals surface area contributed by atoms with Crippen LogP contribution in [0.1, 0.15) is 5.56 Å². The van der Waals surface area contributed by atoms with Crippen molar-refractivity contribution in [2.45, 2.75) is 23.3 Å². The Morgan fingerprint density at radius 1 is 1.29 bits per heavy atom. The Morgan fingerprint density at radius 3 is 2.71 bits per heavy atom. The van der Waals surface area contributed by atoms with Crippen LogP contribution in [0.2, 0.25) is 0 Å². The number of nitrogens with one attached hydrogen (secondary N) is 1. The number of carboxylic acid groups (broad SMARTS) is 1. The minimum absolute atomic E-state index is 0.104. The number of hydrogen-bond acceptors (Lipinski definition) is 6. The molecule has 162 valence electrons. The van der Waals surface area contributed by atoms with Gasteiger partial charge in [-0.05, 0) is 48.5 Å². The molecular weight excluding hydrogens is 418 g/mol. The first-order chi connectivity index (χ1) is 15.1. The van der Waals surface area contributed by atoms with E-state index in [1.807, 2.05) is 47.2 Å². The number of amides is 1. The molecule has 2 N–H and O–H groups in total. The second-order valence-electron chi connectivity index (χ2n) is 7.03. The van der Waals surface area contributed by atoms with E-state index in [-0.39, 0.29) is 6.10 Å². The first-order valence-corrected chi connectivity index (χ1v) is 10.7. The molecule has 3 aromatic rings. The van der Waals surface area contributed by atoms with Gasteiger partial charge in [-0.2, -0.15) is 0 Å². The van der Waals surface area contributed by atoms with E-state index in [0.29, 0.717) is 24.6 Å². The fourth-order valence-electron chi connectivity index (χ4n) is 3.39. The molecule has 1 fully saturated rings. The van der Waals surface area contributed by atoms with Crippen LogP contribution >= 0.6 is 11.8 Å². The lowest BCUT2D eigenvalue weighted by Gasteiger charge is -2.29. The molecule has 31 heavy (non-hydrogen) atoms. The Labute approximate surface area is 184 Å². The molecule has 1 aromatic heterocycles. The smallest absolute Gasteiger partial charge is 0.409 e. The van der Waals surface area contributed by atoms with Crippen LogP contribution in [0.5, 0.6) is 5.75 Å². The van der Waals surface area contributed by atoms with Crippen molar-refractivity contribution in [3.63, 3.8) is 0 Å². The minimum Gasteiger partial charge on any atom is -0.497 e. The summed E-state index contributed by atoms with van der Waals surface area (Å²) in [4.78, 5) is 15.9. The van der Waals surface area contributed by atoms with Gasteiger partial charge >= 0.3 is 6.09 Å². The molecule has 1 aliphatic rings. The van der Waals surface area contributed by atoms with Gasteiger partial charge in [0.2, 0.25) is 5.79 Å². The quantitative estimate of drug-likeness (QED) is 0.510. The van der Waals surface area contributed by atoms with Crippen LogP contribution in [0.25, 0.3) is 0 Å². The van der Waals surface area contributed by atoms with Gasteiger partial charge in [0.15, 0.2) is 0 Å². The number of carbonyl (C=O) groups is 1. The summed E-state index contributed by atoms with van der Waals surface area (Å²) in [6.07, 6.45) is 4.17. The monoisotopic (exact) mass is 441 g/mol. The number of methoxy groups -OCH3 is 1. The summed E-state index contributed by atoms with van der Waals surface area (Å²) >= 11 is 1.64. The Morgan fingerprint density at radius 2 is 2.06 bits per heavy atom. The van der Waals surface area contributed by atoms with Crippen molar-refractivity contribution < 1.29 is 24.1 Å². The molecule has 0 spiro atoms. The average molecular weight is 442 g/mol. The van der Waals surface area contributed by atoms with E-state index in [0.717, 1.165) is 16.2 Å². The van der Waals surface area contributed by atoms with Gasteiger partial charge in [-0.15, -0.1) is 11.8 Å². The molecule has 1 amide bonds. The van der Waals surface area contributed by atoms with Crippen LogP contribution < -0.4 is 10.1 Å². The maximum Gasteiger partial charge on any atom is 0.409 e. The number of rotatable bonds is 8. The molecule has 0 aliphatic carbocycles.